The van der Waals surface area contributed by atoms with E-state index in [2.05, 4.69) is 128 Å². The summed E-state index contributed by atoms with van der Waals surface area (Å²) in [5.74, 6) is 0.432. The fourth-order valence-corrected chi connectivity index (χ4v) is 9.01. The van der Waals surface area contributed by atoms with Gasteiger partial charge in [0.15, 0.2) is 0 Å². The van der Waals surface area contributed by atoms with Crippen LogP contribution in [0.2, 0.25) is 19.6 Å². The van der Waals surface area contributed by atoms with Crippen molar-refractivity contribution in [1.29, 1.82) is 0 Å². The summed E-state index contributed by atoms with van der Waals surface area (Å²) in [6, 6.07) is 46.9. The molecule has 9 aromatic rings. The molecule has 1 radical (unpaired) electrons. The van der Waals surface area contributed by atoms with Gasteiger partial charge in [-0.3, -0.25) is 9.97 Å². The van der Waals surface area contributed by atoms with Gasteiger partial charge in [0.2, 0.25) is 0 Å². The molecule has 8 heteroatoms. The van der Waals surface area contributed by atoms with Gasteiger partial charge in [0, 0.05) is 60.7 Å². The number of nitrogens with zero attached hydrogens (tertiary/aromatic N) is 4. The fraction of sp³-hybridized carbons (Fsp3) is 0.146. The molecule has 0 bridgehead atoms. The van der Waals surface area contributed by atoms with Crippen molar-refractivity contribution >= 4 is 55.8 Å². The molecule has 0 unspecified atom stereocenters. The van der Waals surface area contributed by atoms with Gasteiger partial charge < -0.3 is 9.55 Å². The van der Waals surface area contributed by atoms with Gasteiger partial charge in [-0.2, -0.15) is 11.3 Å². The van der Waals surface area contributed by atoms with E-state index in [9.17, 15) is 4.39 Å². The molecule has 0 atom stereocenters. The number of pyridine rings is 2. The molecule has 0 amide bonds. The second-order valence-corrected chi connectivity index (χ2v) is 21.9. The number of fused-ring (bicyclic) bond motifs is 4. The molecule has 0 fully saturated rings. The van der Waals surface area contributed by atoms with E-state index in [4.69, 9.17) is 4.98 Å². The SMILES string of the molecule is CC(C)(C)c1ccc(-n2c(-c3[c-]ccc4c3sc3ccncc34)nc3cc(F)ccc32)c(-c2ccccc2)c1.C[Si](C)(C)c1ccc(-c2[c-]cccc2)nc1.[Ir]. The van der Waals surface area contributed by atoms with E-state index >= 15 is 0 Å². The van der Waals surface area contributed by atoms with E-state index < -0.39 is 8.07 Å². The molecular formula is C48H41FIrN4SSi-2. The van der Waals surface area contributed by atoms with Crippen molar-refractivity contribution in [3.05, 3.63) is 163 Å². The summed E-state index contributed by atoms with van der Waals surface area (Å²) < 4.78 is 18.9. The number of imidazole rings is 1. The Bertz CT molecular complexity index is 2780. The van der Waals surface area contributed by atoms with Crippen LogP contribution in [0.15, 0.2) is 140 Å². The van der Waals surface area contributed by atoms with Gasteiger partial charge >= 0.3 is 0 Å². The normalized spacial score (nSPS) is 11.7. The van der Waals surface area contributed by atoms with Gasteiger partial charge in [0.25, 0.3) is 0 Å². The second kappa shape index (κ2) is 15.8. The molecule has 0 aliphatic carbocycles. The first-order chi connectivity index (χ1) is 26.5. The Balaban J connectivity index is 0.000000238. The smallest absolute Gasteiger partial charge is 0.125 e. The third kappa shape index (κ3) is 7.80. The van der Waals surface area contributed by atoms with Crippen LogP contribution in [0.1, 0.15) is 26.3 Å². The molecule has 56 heavy (non-hydrogen) atoms. The van der Waals surface area contributed by atoms with Crippen LogP contribution in [0, 0.1) is 17.9 Å². The molecule has 0 aliphatic heterocycles. The zero-order valence-electron chi connectivity index (χ0n) is 32.2. The number of benzene rings is 5. The standard InChI is InChI=1S/C34H25FN3S.C14H16NSi.Ir/c1-34(2,3)22-12-14-29(26(18-22)21-8-5-4-6-9-21)38-30-15-13-23(35)19-28(30)37-33(38)25-11-7-10-24-27-20-36-17-16-31(27)39-32(24)25;1-16(2,3)13-9-10-14(15-11-13)12-7-5-4-6-8-12;/h4-10,12-20H,1-3H3;4-7,9-11H,1-3H3;/q2*-1;. The summed E-state index contributed by atoms with van der Waals surface area (Å²) in [6.45, 7) is 13.7. The number of halogens is 1. The van der Waals surface area contributed by atoms with E-state index in [0.29, 0.717) is 5.52 Å². The molecular weight excluding hydrogens is 904 g/mol. The van der Waals surface area contributed by atoms with Crippen LogP contribution in [0.3, 0.4) is 0 Å². The fourth-order valence-electron chi connectivity index (χ4n) is 6.81. The summed E-state index contributed by atoms with van der Waals surface area (Å²) in [4.78, 5) is 13.9. The van der Waals surface area contributed by atoms with Gasteiger partial charge in [0.05, 0.1) is 24.9 Å². The predicted octanol–water partition coefficient (Wildman–Crippen LogP) is 12.5. The molecule has 5 aromatic carbocycles. The Labute approximate surface area is 346 Å². The zero-order chi connectivity index (χ0) is 38.3. The maximum atomic E-state index is 14.4. The minimum absolute atomic E-state index is 0. The van der Waals surface area contributed by atoms with Crippen LogP contribution in [0.5, 0.6) is 0 Å². The third-order valence-corrected chi connectivity index (χ3v) is 13.1. The summed E-state index contributed by atoms with van der Waals surface area (Å²) in [5, 5.41) is 3.63. The molecule has 0 saturated carbocycles. The van der Waals surface area contributed by atoms with Crippen molar-refractivity contribution in [2.45, 2.75) is 45.8 Å². The van der Waals surface area contributed by atoms with E-state index in [0.717, 1.165) is 65.1 Å². The first-order valence-electron chi connectivity index (χ1n) is 18.4. The quantitative estimate of drug-likeness (QED) is 0.128. The van der Waals surface area contributed by atoms with Crippen LogP contribution >= 0.6 is 11.3 Å². The van der Waals surface area contributed by atoms with Crippen LogP contribution in [-0.4, -0.2) is 27.6 Å². The molecule has 4 aromatic heterocycles. The molecule has 4 nitrogen and oxygen atoms in total. The van der Waals surface area contributed by atoms with E-state index in [1.54, 1.807) is 11.3 Å². The molecule has 0 saturated heterocycles. The van der Waals surface area contributed by atoms with Crippen LogP contribution in [0.25, 0.3) is 70.7 Å². The first kappa shape index (κ1) is 39.1. The molecule has 0 N–H and O–H groups in total. The maximum absolute atomic E-state index is 14.4. The number of rotatable bonds is 5. The summed E-state index contributed by atoms with van der Waals surface area (Å²) in [5.41, 5.74) is 8.84. The van der Waals surface area contributed by atoms with Crippen molar-refractivity contribution in [3.63, 3.8) is 0 Å². The second-order valence-electron chi connectivity index (χ2n) is 15.8. The van der Waals surface area contributed by atoms with Crippen molar-refractivity contribution in [1.82, 2.24) is 19.5 Å². The van der Waals surface area contributed by atoms with E-state index in [1.807, 2.05) is 67.1 Å². The minimum Gasteiger partial charge on any atom is -0.333 e. The van der Waals surface area contributed by atoms with Gasteiger partial charge in [-0.05, 0) is 67.8 Å². The average Bonchev–Trinajstić information content (AvgIpc) is 3.76. The van der Waals surface area contributed by atoms with E-state index in [1.165, 1.54) is 22.9 Å². The van der Waals surface area contributed by atoms with Gasteiger partial charge in [-0.1, -0.05) is 99.9 Å². The Morgan fingerprint density at radius 2 is 1.57 bits per heavy atom. The van der Waals surface area contributed by atoms with Crippen LogP contribution in [0.4, 0.5) is 4.39 Å². The largest absolute Gasteiger partial charge is 0.333 e. The van der Waals surface area contributed by atoms with Crippen LogP contribution in [-0.2, 0) is 25.5 Å². The first-order valence-corrected chi connectivity index (χ1v) is 22.8. The summed E-state index contributed by atoms with van der Waals surface area (Å²) >= 11 is 1.71. The third-order valence-electron chi connectivity index (χ3n) is 9.88. The Morgan fingerprint density at radius 3 is 2.29 bits per heavy atom. The number of aromatic nitrogens is 4. The summed E-state index contributed by atoms with van der Waals surface area (Å²) in [6.07, 6.45) is 5.75. The van der Waals surface area contributed by atoms with Gasteiger partial charge in [-0.15, -0.1) is 54.1 Å². The number of hydrogen-bond donors (Lipinski definition) is 0. The molecule has 281 valence electrons. The van der Waals surface area contributed by atoms with Gasteiger partial charge in [0.1, 0.15) is 5.82 Å². The van der Waals surface area contributed by atoms with Crippen LogP contribution < -0.4 is 5.19 Å². The zero-order valence-corrected chi connectivity index (χ0v) is 36.4. The van der Waals surface area contributed by atoms with Crippen molar-refractivity contribution in [2.75, 3.05) is 0 Å². The Hall–Kier alpha value is -5.11. The maximum Gasteiger partial charge on any atom is 0.125 e. The number of hydrogen-bond acceptors (Lipinski definition) is 4. The van der Waals surface area contributed by atoms with Crippen molar-refractivity contribution < 1.29 is 24.5 Å². The predicted molar refractivity (Wildman–Crippen MR) is 232 cm³/mol. The molecule has 0 spiro atoms. The van der Waals surface area contributed by atoms with Gasteiger partial charge in [-0.25, -0.2) is 4.39 Å². The monoisotopic (exact) mass is 945 g/mol. The molecule has 9 rings (SSSR count). The average molecular weight is 945 g/mol. The minimum atomic E-state index is -1.23. The summed E-state index contributed by atoms with van der Waals surface area (Å²) in [7, 11) is -1.23. The molecule has 4 heterocycles. The Kier molecular flexibility index (Phi) is 11.0. The van der Waals surface area contributed by atoms with Crippen molar-refractivity contribution in [3.8, 4) is 39.5 Å². The topological polar surface area (TPSA) is 43.6 Å². The van der Waals surface area contributed by atoms with Crippen molar-refractivity contribution in [2.24, 2.45) is 0 Å². The van der Waals surface area contributed by atoms with E-state index in [-0.39, 0.29) is 31.3 Å². The number of thiophene rings is 1. The Morgan fingerprint density at radius 1 is 0.768 bits per heavy atom. The molecule has 0 aliphatic rings.